The predicted molar refractivity (Wildman–Crippen MR) is 81.1 cm³/mol. The quantitative estimate of drug-likeness (QED) is 0.905. The summed E-state index contributed by atoms with van der Waals surface area (Å²) in [6.07, 6.45) is 1.11. The molecule has 20 heavy (non-hydrogen) atoms. The van der Waals surface area contributed by atoms with Crippen LogP contribution < -0.4 is 10.2 Å². The number of nitriles is 1. The average molecular weight is 263 g/mol. The van der Waals surface area contributed by atoms with Crippen LogP contribution in [-0.4, -0.2) is 13.6 Å². The summed E-state index contributed by atoms with van der Waals surface area (Å²) in [6.45, 7) is 2.02. The summed E-state index contributed by atoms with van der Waals surface area (Å²) in [5, 5.41) is 12.3. The molecule has 3 heteroatoms. The van der Waals surface area contributed by atoms with Crippen LogP contribution in [0.2, 0.25) is 0 Å². The van der Waals surface area contributed by atoms with E-state index in [2.05, 4.69) is 41.5 Å². The van der Waals surface area contributed by atoms with E-state index >= 15 is 0 Å². The summed E-state index contributed by atoms with van der Waals surface area (Å²) in [4.78, 5) is 2.15. The lowest BCUT2D eigenvalue weighted by molar-refractivity contribution is 0.644. The van der Waals surface area contributed by atoms with Gasteiger partial charge >= 0.3 is 0 Å². The molecular weight excluding hydrogens is 246 g/mol. The van der Waals surface area contributed by atoms with Crippen molar-refractivity contribution in [1.29, 1.82) is 5.26 Å². The van der Waals surface area contributed by atoms with Crippen LogP contribution in [0.15, 0.2) is 42.5 Å². The molecule has 0 saturated carbocycles. The third kappa shape index (κ3) is 2.38. The zero-order valence-electron chi connectivity index (χ0n) is 11.6. The summed E-state index contributed by atoms with van der Waals surface area (Å²) in [7, 11) is 2.05. The van der Waals surface area contributed by atoms with Gasteiger partial charge in [-0.1, -0.05) is 6.07 Å². The van der Waals surface area contributed by atoms with Crippen LogP contribution in [0.25, 0.3) is 0 Å². The number of rotatable bonds is 2. The lowest BCUT2D eigenvalue weighted by Gasteiger charge is -2.23. The average Bonchev–Trinajstić information content (AvgIpc) is 2.54. The van der Waals surface area contributed by atoms with Crippen molar-refractivity contribution in [3.63, 3.8) is 0 Å². The van der Waals surface area contributed by atoms with Gasteiger partial charge in [0, 0.05) is 25.0 Å². The number of hydrogen-bond donors (Lipinski definition) is 1. The topological polar surface area (TPSA) is 39.1 Å². The van der Waals surface area contributed by atoms with Crippen LogP contribution in [-0.2, 0) is 13.0 Å². The molecule has 2 aromatic carbocycles. The third-order valence-electron chi connectivity index (χ3n) is 3.85. The molecule has 3 nitrogen and oxygen atoms in total. The molecule has 0 radical (unpaired) electrons. The lowest BCUT2D eigenvalue weighted by Crippen LogP contribution is -2.24. The monoisotopic (exact) mass is 263 g/mol. The van der Waals surface area contributed by atoms with Gasteiger partial charge in [0.15, 0.2) is 0 Å². The first-order valence-corrected chi connectivity index (χ1v) is 6.84. The second kappa shape index (κ2) is 5.36. The Kier molecular flexibility index (Phi) is 3.41. The highest BCUT2D eigenvalue weighted by atomic mass is 15.1. The van der Waals surface area contributed by atoms with Crippen LogP contribution in [0.1, 0.15) is 16.7 Å². The molecule has 0 aromatic heterocycles. The molecule has 0 saturated heterocycles. The molecule has 1 heterocycles. The van der Waals surface area contributed by atoms with Crippen LogP contribution in [0.3, 0.4) is 0 Å². The highest BCUT2D eigenvalue weighted by molar-refractivity contribution is 5.64. The van der Waals surface area contributed by atoms with E-state index in [-0.39, 0.29) is 0 Å². The predicted octanol–water partition coefficient (Wildman–Crippen LogP) is 2.97. The minimum absolute atomic E-state index is 0.691. The molecule has 0 bridgehead atoms. The van der Waals surface area contributed by atoms with Crippen molar-refractivity contribution in [2.75, 3.05) is 18.5 Å². The molecule has 100 valence electrons. The van der Waals surface area contributed by atoms with Gasteiger partial charge in [-0.25, -0.2) is 0 Å². The van der Waals surface area contributed by atoms with Gasteiger partial charge in [0.05, 0.1) is 11.6 Å². The van der Waals surface area contributed by atoms with E-state index in [4.69, 9.17) is 5.26 Å². The summed E-state index contributed by atoms with van der Waals surface area (Å²) in [5.41, 5.74) is 5.79. The van der Waals surface area contributed by atoms with Crippen molar-refractivity contribution >= 4 is 11.4 Å². The minimum Gasteiger partial charge on any atom is -0.345 e. The molecule has 1 aliphatic rings. The second-order valence-corrected chi connectivity index (χ2v) is 5.10. The third-order valence-corrected chi connectivity index (χ3v) is 3.85. The summed E-state index contributed by atoms with van der Waals surface area (Å²) < 4.78 is 0. The molecular formula is C17H17N3. The van der Waals surface area contributed by atoms with Gasteiger partial charge < -0.3 is 10.2 Å². The van der Waals surface area contributed by atoms with Crippen LogP contribution >= 0.6 is 0 Å². The fourth-order valence-electron chi connectivity index (χ4n) is 2.58. The molecule has 0 atom stereocenters. The van der Waals surface area contributed by atoms with Crippen LogP contribution in [0.4, 0.5) is 11.4 Å². The molecule has 1 N–H and O–H groups in total. The molecule has 0 spiro atoms. The van der Waals surface area contributed by atoms with Crippen molar-refractivity contribution in [2.45, 2.75) is 13.0 Å². The van der Waals surface area contributed by atoms with Crippen molar-refractivity contribution < 1.29 is 0 Å². The highest BCUT2D eigenvalue weighted by Crippen LogP contribution is 2.27. The summed E-state index contributed by atoms with van der Waals surface area (Å²) in [5.74, 6) is 0. The first-order valence-electron chi connectivity index (χ1n) is 6.84. The fourth-order valence-corrected chi connectivity index (χ4v) is 2.58. The smallest absolute Gasteiger partial charge is 0.0991 e. The van der Waals surface area contributed by atoms with Crippen LogP contribution in [0.5, 0.6) is 0 Å². The highest BCUT2D eigenvalue weighted by Gasteiger charge is 2.11. The number of nitrogens with one attached hydrogen (secondary N) is 1. The molecule has 0 fully saturated rings. The van der Waals surface area contributed by atoms with Crippen molar-refractivity contribution in [3.05, 3.63) is 59.2 Å². The molecule has 0 unspecified atom stereocenters. The van der Waals surface area contributed by atoms with E-state index in [9.17, 15) is 0 Å². The van der Waals surface area contributed by atoms with E-state index < -0.39 is 0 Å². The Balaban J connectivity index is 1.89. The van der Waals surface area contributed by atoms with Gasteiger partial charge in [-0.05, 0) is 60.5 Å². The zero-order valence-corrected chi connectivity index (χ0v) is 11.6. The largest absolute Gasteiger partial charge is 0.345 e. The first kappa shape index (κ1) is 12.7. The standard InChI is InChI=1S/C17H17N3/c1-20(16-5-2-13(11-18)3-6-16)17-7-4-14-8-9-19-12-15(14)10-17/h2-7,10,19H,8-9,12H2,1H3. The van der Waals surface area contributed by atoms with Gasteiger partial charge in [-0.2, -0.15) is 5.26 Å². The first-order chi connectivity index (χ1) is 9.78. The SMILES string of the molecule is CN(c1ccc(C#N)cc1)c1ccc2c(c1)CNCC2. The number of hydrogen-bond acceptors (Lipinski definition) is 3. The Morgan fingerprint density at radius 2 is 1.80 bits per heavy atom. The number of nitrogens with zero attached hydrogens (tertiary/aromatic N) is 2. The van der Waals surface area contributed by atoms with E-state index in [0.29, 0.717) is 5.56 Å². The number of benzene rings is 2. The Morgan fingerprint density at radius 3 is 2.55 bits per heavy atom. The lowest BCUT2D eigenvalue weighted by atomic mass is 10.00. The Morgan fingerprint density at radius 1 is 1.05 bits per heavy atom. The number of anilines is 2. The Labute approximate surface area is 119 Å². The van der Waals surface area contributed by atoms with Crippen molar-refractivity contribution in [3.8, 4) is 6.07 Å². The van der Waals surface area contributed by atoms with Gasteiger partial charge in [0.2, 0.25) is 0 Å². The maximum atomic E-state index is 8.85. The molecule has 0 amide bonds. The van der Waals surface area contributed by atoms with Gasteiger partial charge in [0.1, 0.15) is 0 Å². The van der Waals surface area contributed by atoms with Crippen molar-refractivity contribution in [2.24, 2.45) is 0 Å². The van der Waals surface area contributed by atoms with E-state index in [1.807, 2.05) is 24.3 Å². The summed E-state index contributed by atoms with van der Waals surface area (Å²) in [6, 6.07) is 16.5. The molecule has 2 aromatic rings. The number of fused-ring (bicyclic) bond motifs is 1. The second-order valence-electron chi connectivity index (χ2n) is 5.10. The maximum absolute atomic E-state index is 8.85. The summed E-state index contributed by atoms with van der Waals surface area (Å²) >= 11 is 0. The molecule has 1 aliphatic heterocycles. The molecule has 3 rings (SSSR count). The zero-order chi connectivity index (χ0) is 13.9. The maximum Gasteiger partial charge on any atom is 0.0991 e. The Bertz CT molecular complexity index is 653. The van der Waals surface area contributed by atoms with Gasteiger partial charge in [-0.3, -0.25) is 0 Å². The molecule has 0 aliphatic carbocycles. The fraction of sp³-hybridized carbons (Fsp3) is 0.235. The van der Waals surface area contributed by atoms with E-state index in [0.717, 1.165) is 25.2 Å². The van der Waals surface area contributed by atoms with Crippen LogP contribution in [0, 0.1) is 11.3 Å². The van der Waals surface area contributed by atoms with E-state index in [1.165, 1.54) is 16.8 Å². The normalized spacial score (nSPS) is 13.4. The van der Waals surface area contributed by atoms with Gasteiger partial charge in [0.25, 0.3) is 0 Å². The Hall–Kier alpha value is -2.31. The van der Waals surface area contributed by atoms with E-state index in [1.54, 1.807) is 0 Å². The van der Waals surface area contributed by atoms with Gasteiger partial charge in [-0.15, -0.1) is 0 Å². The van der Waals surface area contributed by atoms with Crippen molar-refractivity contribution in [1.82, 2.24) is 5.32 Å². The minimum atomic E-state index is 0.691.